The molecular weight excluding hydrogens is 186 g/mol. The third-order valence-electron chi connectivity index (χ3n) is 2.41. The van der Waals surface area contributed by atoms with Gasteiger partial charge in [0.15, 0.2) is 0 Å². The fourth-order valence-corrected chi connectivity index (χ4v) is 1.36. The van der Waals surface area contributed by atoms with Gasteiger partial charge in [-0.15, -0.1) is 0 Å². The lowest BCUT2D eigenvalue weighted by Gasteiger charge is -2.11. The van der Waals surface area contributed by atoms with Gasteiger partial charge in [-0.2, -0.15) is 0 Å². The van der Waals surface area contributed by atoms with Crippen molar-refractivity contribution in [1.82, 2.24) is 5.32 Å². The van der Waals surface area contributed by atoms with E-state index in [1.165, 1.54) is 11.1 Å². The summed E-state index contributed by atoms with van der Waals surface area (Å²) < 4.78 is 5.69. The van der Waals surface area contributed by atoms with Crippen molar-refractivity contribution in [2.24, 2.45) is 0 Å². The molecule has 1 N–H and O–H groups in total. The number of rotatable bonds is 5. The number of hydrogen-bond donors (Lipinski definition) is 1. The Morgan fingerprint density at radius 3 is 2.80 bits per heavy atom. The standard InChI is InChI=1S/C13H19NO/c1-10(8-14-4)9-15-13-7-5-6-11(2)12(13)3/h5-7,14H,1,8-9H2,2-4H3. The molecule has 2 heteroatoms. The number of likely N-dealkylation sites (N-methyl/N-ethyl adjacent to an activating group) is 1. The molecule has 0 heterocycles. The lowest BCUT2D eigenvalue weighted by Crippen LogP contribution is -2.14. The van der Waals surface area contributed by atoms with Gasteiger partial charge in [0.2, 0.25) is 0 Å². The Bertz CT molecular complexity index is 344. The number of hydrogen-bond acceptors (Lipinski definition) is 2. The van der Waals surface area contributed by atoms with Crippen molar-refractivity contribution in [3.05, 3.63) is 41.5 Å². The summed E-state index contributed by atoms with van der Waals surface area (Å²) in [5.74, 6) is 0.951. The predicted molar refractivity (Wildman–Crippen MR) is 64.5 cm³/mol. The maximum Gasteiger partial charge on any atom is 0.122 e. The Morgan fingerprint density at radius 1 is 1.40 bits per heavy atom. The van der Waals surface area contributed by atoms with Crippen LogP contribution in [0.5, 0.6) is 5.75 Å². The second kappa shape index (κ2) is 5.56. The molecular formula is C13H19NO. The molecule has 0 spiro atoms. The Labute approximate surface area is 92.0 Å². The maximum absolute atomic E-state index is 5.69. The zero-order chi connectivity index (χ0) is 11.3. The van der Waals surface area contributed by atoms with Crippen molar-refractivity contribution in [2.75, 3.05) is 20.2 Å². The van der Waals surface area contributed by atoms with Gasteiger partial charge in [0.25, 0.3) is 0 Å². The molecule has 0 atom stereocenters. The monoisotopic (exact) mass is 205 g/mol. The van der Waals surface area contributed by atoms with E-state index in [2.05, 4.69) is 31.8 Å². The first kappa shape index (κ1) is 11.8. The van der Waals surface area contributed by atoms with Crippen molar-refractivity contribution in [1.29, 1.82) is 0 Å². The molecule has 0 unspecified atom stereocenters. The Balaban J connectivity index is 2.58. The van der Waals surface area contributed by atoms with Crippen molar-refractivity contribution >= 4 is 0 Å². The highest BCUT2D eigenvalue weighted by Crippen LogP contribution is 2.20. The van der Waals surface area contributed by atoms with Crippen molar-refractivity contribution < 1.29 is 4.74 Å². The van der Waals surface area contributed by atoms with Crippen LogP contribution in [0.1, 0.15) is 11.1 Å². The van der Waals surface area contributed by atoms with Crippen LogP contribution in [-0.4, -0.2) is 20.2 Å². The number of ether oxygens (including phenoxy) is 1. The number of benzene rings is 1. The quantitative estimate of drug-likeness (QED) is 0.746. The van der Waals surface area contributed by atoms with Crippen LogP contribution >= 0.6 is 0 Å². The van der Waals surface area contributed by atoms with Crippen LogP contribution in [0.4, 0.5) is 0 Å². The molecule has 0 aliphatic carbocycles. The van der Waals surface area contributed by atoms with Crippen molar-refractivity contribution in [3.8, 4) is 5.75 Å². The summed E-state index contributed by atoms with van der Waals surface area (Å²) in [5.41, 5.74) is 3.51. The molecule has 0 amide bonds. The summed E-state index contributed by atoms with van der Waals surface area (Å²) in [6.07, 6.45) is 0. The van der Waals surface area contributed by atoms with E-state index in [4.69, 9.17) is 4.74 Å². The molecule has 0 aliphatic heterocycles. The zero-order valence-corrected chi connectivity index (χ0v) is 9.76. The largest absolute Gasteiger partial charge is 0.489 e. The van der Waals surface area contributed by atoms with Gasteiger partial charge in [0.05, 0.1) is 0 Å². The highest BCUT2D eigenvalue weighted by Gasteiger charge is 2.01. The van der Waals surface area contributed by atoms with Gasteiger partial charge < -0.3 is 10.1 Å². The molecule has 0 aliphatic rings. The highest BCUT2D eigenvalue weighted by atomic mass is 16.5. The van der Waals surface area contributed by atoms with Gasteiger partial charge in [0.1, 0.15) is 12.4 Å². The molecule has 2 nitrogen and oxygen atoms in total. The van der Waals surface area contributed by atoms with E-state index in [9.17, 15) is 0 Å². The minimum atomic E-state index is 0.575. The second-order valence-electron chi connectivity index (χ2n) is 3.77. The van der Waals surface area contributed by atoms with Crippen LogP contribution in [0.3, 0.4) is 0 Å². The number of nitrogens with one attached hydrogen (secondary N) is 1. The molecule has 1 aromatic carbocycles. The fourth-order valence-electron chi connectivity index (χ4n) is 1.36. The normalized spacial score (nSPS) is 10.1. The van der Waals surface area contributed by atoms with E-state index in [1.54, 1.807) is 0 Å². The Kier molecular flexibility index (Phi) is 4.37. The van der Waals surface area contributed by atoms with E-state index in [1.807, 2.05) is 19.2 Å². The van der Waals surface area contributed by atoms with Gasteiger partial charge >= 0.3 is 0 Å². The van der Waals surface area contributed by atoms with Gasteiger partial charge in [-0.25, -0.2) is 0 Å². The van der Waals surface area contributed by atoms with E-state index < -0.39 is 0 Å². The lowest BCUT2D eigenvalue weighted by atomic mass is 10.1. The second-order valence-corrected chi connectivity index (χ2v) is 3.77. The minimum Gasteiger partial charge on any atom is -0.489 e. The van der Waals surface area contributed by atoms with Crippen LogP contribution in [-0.2, 0) is 0 Å². The Morgan fingerprint density at radius 2 is 2.13 bits per heavy atom. The summed E-state index contributed by atoms with van der Waals surface area (Å²) in [6.45, 7) is 9.46. The van der Waals surface area contributed by atoms with Gasteiger partial charge in [-0.05, 0) is 43.7 Å². The highest BCUT2D eigenvalue weighted by molar-refractivity contribution is 5.38. The van der Waals surface area contributed by atoms with Crippen LogP contribution < -0.4 is 10.1 Å². The molecule has 0 saturated carbocycles. The van der Waals surface area contributed by atoms with Gasteiger partial charge in [-0.1, -0.05) is 18.7 Å². The summed E-state index contributed by atoms with van der Waals surface area (Å²) in [4.78, 5) is 0. The van der Waals surface area contributed by atoms with E-state index in [0.717, 1.165) is 17.9 Å². The van der Waals surface area contributed by atoms with Crippen molar-refractivity contribution in [3.63, 3.8) is 0 Å². The third kappa shape index (κ3) is 3.40. The van der Waals surface area contributed by atoms with Crippen molar-refractivity contribution in [2.45, 2.75) is 13.8 Å². The summed E-state index contributed by atoms with van der Waals surface area (Å²) in [5, 5.41) is 3.05. The SMILES string of the molecule is C=C(CNC)COc1cccc(C)c1C. The molecule has 1 aromatic rings. The molecule has 0 saturated heterocycles. The zero-order valence-electron chi connectivity index (χ0n) is 9.76. The molecule has 0 aromatic heterocycles. The van der Waals surface area contributed by atoms with Gasteiger partial charge in [0, 0.05) is 6.54 Å². The first-order chi connectivity index (χ1) is 7.15. The minimum absolute atomic E-state index is 0.575. The topological polar surface area (TPSA) is 21.3 Å². The molecule has 1 rings (SSSR count). The average Bonchev–Trinajstić information content (AvgIpc) is 2.21. The average molecular weight is 205 g/mol. The van der Waals surface area contributed by atoms with Crippen LogP contribution in [0, 0.1) is 13.8 Å². The molecule has 0 radical (unpaired) electrons. The van der Waals surface area contributed by atoms with Crippen LogP contribution in [0.25, 0.3) is 0 Å². The fraction of sp³-hybridized carbons (Fsp3) is 0.385. The third-order valence-corrected chi connectivity index (χ3v) is 2.41. The molecule has 15 heavy (non-hydrogen) atoms. The number of aryl methyl sites for hydroxylation is 1. The first-order valence-corrected chi connectivity index (χ1v) is 5.15. The first-order valence-electron chi connectivity index (χ1n) is 5.15. The van der Waals surface area contributed by atoms with Crippen LogP contribution in [0.2, 0.25) is 0 Å². The smallest absolute Gasteiger partial charge is 0.122 e. The van der Waals surface area contributed by atoms with E-state index >= 15 is 0 Å². The van der Waals surface area contributed by atoms with Gasteiger partial charge in [-0.3, -0.25) is 0 Å². The Hall–Kier alpha value is -1.28. The molecule has 82 valence electrons. The van der Waals surface area contributed by atoms with Crippen LogP contribution in [0.15, 0.2) is 30.4 Å². The summed E-state index contributed by atoms with van der Waals surface area (Å²) in [6, 6.07) is 6.10. The summed E-state index contributed by atoms with van der Waals surface area (Å²) in [7, 11) is 1.91. The predicted octanol–water partition coefficient (Wildman–Crippen LogP) is 2.46. The molecule has 0 fully saturated rings. The lowest BCUT2D eigenvalue weighted by molar-refractivity contribution is 0.346. The molecule has 0 bridgehead atoms. The van der Waals surface area contributed by atoms with E-state index in [-0.39, 0.29) is 0 Å². The summed E-state index contributed by atoms with van der Waals surface area (Å²) >= 11 is 0. The van der Waals surface area contributed by atoms with E-state index in [0.29, 0.717) is 6.61 Å². The maximum atomic E-state index is 5.69.